The third kappa shape index (κ3) is 4.47. The van der Waals surface area contributed by atoms with Gasteiger partial charge in [-0.25, -0.2) is 4.79 Å². The number of rotatable bonds is 6. The first-order valence-electron chi connectivity index (χ1n) is 5.57. The summed E-state index contributed by atoms with van der Waals surface area (Å²) < 4.78 is 9.99. The third-order valence-corrected chi connectivity index (χ3v) is 2.91. The van der Waals surface area contributed by atoms with Crippen LogP contribution in [-0.2, 0) is 14.3 Å². The number of esters is 1. The molecule has 15 heavy (non-hydrogen) atoms. The topological polar surface area (TPSA) is 35.5 Å². The van der Waals surface area contributed by atoms with Gasteiger partial charge in [0.2, 0.25) is 0 Å². The number of methoxy groups -OCH3 is 1. The Morgan fingerprint density at radius 1 is 1.47 bits per heavy atom. The van der Waals surface area contributed by atoms with Crippen LogP contribution in [0.5, 0.6) is 0 Å². The third-order valence-electron chi connectivity index (χ3n) is 2.91. The molecule has 86 valence electrons. The van der Waals surface area contributed by atoms with E-state index in [4.69, 9.17) is 4.74 Å². The molecule has 0 atom stereocenters. The quantitative estimate of drug-likeness (QED) is 0.385. The van der Waals surface area contributed by atoms with Crippen molar-refractivity contribution in [2.24, 2.45) is 5.92 Å². The van der Waals surface area contributed by atoms with E-state index in [1.807, 2.05) is 0 Å². The highest BCUT2D eigenvalue weighted by molar-refractivity contribution is 5.87. The zero-order valence-corrected chi connectivity index (χ0v) is 9.62. The summed E-state index contributed by atoms with van der Waals surface area (Å²) in [7, 11) is 1.39. The molecule has 0 aromatic carbocycles. The lowest BCUT2D eigenvalue weighted by Crippen LogP contribution is -2.13. The molecule has 0 saturated heterocycles. The Balaban J connectivity index is 2.01. The molecular weight excluding hydrogens is 192 g/mol. The molecule has 0 radical (unpaired) electrons. The zero-order chi connectivity index (χ0) is 11.1. The van der Waals surface area contributed by atoms with Crippen LogP contribution >= 0.6 is 0 Å². The Kier molecular flexibility index (Phi) is 5.40. The van der Waals surface area contributed by atoms with E-state index in [0.717, 1.165) is 18.9 Å². The lowest BCUT2D eigenvalue weighted by Gasteiger charge is -2.24. The van der Waals surface area contributed by atoms with Gasteiger partial charge in [0.05, 0.1) is 13.7 Å². The smallest absolute Gasteiger partial charge is 0.333 e. The summed E-state index contributed by atoms with van der Waals surface area (Å²) >= 11 is 0. The van der Waals surface area contributed by atoms with Crippen LogP contribution in [0.2, 0.25) is 0 Å². The molecule has 1 saturated carbocycles. The van der Waals surface area contributed by atoms with Crippen molar-refractivity contribution in [3.8, 4) is 0 Å². The van der Waals surface area contributed by atoms with Gasteiger partial charge in [0.1, 0.15) is 0 Å². The maximum Gasteiger partial charge on any atom is 0.333 e. The van der Waals surface area contributed by atoms with Crippen LogP contribution in [0.3, 0.4) is 0 Å². The summed E-state index contributed by atoms with van der Waals surface area (Å²) in [5.41, 5.74) is 0.612. The molecule has 1 rings (SSSR count). The van der Waals surface area contributed by atoms with E-state index in [2.05, 4.69) is 4.74 Å². The van der Waals surface area contributed by atoms with E-state index in [1.54, 1.807) is 13.0 Å². The normalized spacial score (nSPS) is 17.3. The Hall–Kier alpha value is -0.830. The monoisotopic (exact) mass is 212 g/mol. The van der Waals surface area contributed by atoms with Gasteiger partial charge < -0.3 is 9.47 Å². The minimum absolute atomic E-state index is 0.280. The summed E-state index contributed by atoms with van der Waals surface area (Å²) in [4.78, 5) is 11.0. The van der Waals surface area contributed by atoms with Crippen LogP contribution in [0.15, 0.2) is 11.6 Å². The van der Waals surface area contributed by atoms with E-state index in [1.165, 1.54) is 26.4 Å². The van der Waals surface area contributed by atoms with Crippen LogP contribution in [0.4, 0.5) is 0 Å². The molecule has 0 aromatic rings. The molecule has 0 N–H and O–H groups in total. The Morgan fingerprint density at radius 2 is 2.20 bits per heavy atom. The van der Waals surface area contributed by atoms with Crippen molar-refractivity contribution in [2.45, 2.75) is 32.6 Å². The molecule has 0 heterocycles. The lowest BCUT2D eigenvalue weighted by molar-refractivity contribution is -0.136. The number of ether oxygens (including phenoxy) is 2. The lowest BCUT2D eigenvalue weighted by atomic mass is 9.83. The molecule has 0 aromatic heterocycles. The summed E-state index contributed by atoms with van der Waals surface area (Å²) in [6.07, 6.45) is 7.03. The molecule has 0 bridgehead atoms. The fourth-order valence-electron chi connectivity index (χ4n) is 1.54. The minimum atomic E-state index is -0.280. The molecule has 0 unspecified atom stereocenters. The predicted octanol–water partition coefficient (Wildman–Crippen LogP) is 2.31. The number of hydrogen-bond donors (Lipinski definition) is 0. The second kappa shape index (κ2) is 6.62. The van der Waals surface area contributed by atoms with Gasteiger partial charge in [0.15, 0.2) is 0 Å². The van der Waals surface area contributed by atoms with Crippen LogP contribution < -0.4 is 0 Å². The summed E-state index contributed by atoms with van der Waals surface area (Å²) in [6, 6.07) is 0. The van der Waals surface area contributed by atoms with Crippen molar-refractivity contribution in [3.63, 3.8) is 0 Å². The van der Waals surface area contributed by atoms with Gasteiger partial charge in [0.25, 0.3) is 0 Å². The van der Waals surface area contributed by atoms with Gasteiger partial charge in [-0.15, -0.1) is 0 Å². The van der Waals surface area contributed by atoms with Crippen molar-refractivity contribution in [2.75, 3.05) is 20.3 Å². The first kappa shape index (κ1) is 12.2. The number of carbonyl (C=O) groups excluding carboxylic acids is 1. The molecule has 3 nitrogen and oxygen atoms in total. The molecule has 3 heteroatoms. The van der Waals surface area contributed by atoms with Crippen molar-refractivity contribution < 1.29 is 14.3 Å². The van der Waals surface area contributed by atoms with E-state index in [-0.39, 0.29) is 5.97 Å². The second-order valence-corrected chi connectivity index (χ2v) is 4.04. The fourth-order valence-corrected chi connectivity index (χ4v) is 1.54. The molecule has 0 spiro atoms. The molecular formula is C12H20O3. The Bertz CT molecular complexity index is 229. The van der Waals surface area contributed by atoms with E-state index < -0.39 is 0 Å². The predicted molar refractivity (Wildman–Crippen MR) is 58.6 cm³/mol. The van der Waals surface area contributed by atoms with Gasteiger partial charge in [-0.3, -0.25) is 0 Å². The van der Waals surface area contributed by atoms with Gasteiger partial charge in [-0.2, -0.15) is 0 Å². The number of hydrogen-bond acceptors (Lipinski definition) is 3. The van der Waals surface area contributed by atoms with Crippen molar-refractivity contribution in [3.05, 3.63) is 11.6 Å². The molecule has 1 aliphatic rings. The maximum absolute atomic E-state index is 11.0. The highest BCUT2D eigenvalue weighted by atomic mass is 16.5. The van der Waals surface area contributed by atoms with Gasteiger partial charge >= 0.3 is 5.97 Å². The highest BCUT2D eigenvalue weighted by Crippen LogP contribution is 2.28. The molecule has 1 aliphatic carbocycles. The average molecular weight is 212 g/mol. The SMILES string of the molecule is COC(=O)C(C)=CCOCCC1CCC1. The highest BCUT2D eigenvalue weighted by Gasteiger charge is 2.16. The van der Waals surface area contributed by atoms with Gasteiger partial charge in [-0.1, -0.05) is 19.3 Å². The molecule has 0 amide bonds. The average Bonchev–Trinajstić information content (AvgIpc) is 2.18. The van der Waals surface area contributed by atoms with Gasteiger partial charge in [-0.05, 0) is 25.3 Å². The summed E-state index contributed by atoms with van der Waals surface area (Å²) in [5.74, 6) is 0.605. The van der Waals surface area contributed by atoms with E-state index in [0.29, 0.717) is 12.2 Å². The van der Waals surface area contributed by atoms with Crippen LogP contribution in [0.1, 0.15) is 32.6 Å². The largest absolute Gasteiger partial charge is 0.466 e. The molecule has 1 fully saturated rings. The Labute approximate surface area is 91.4 Å². The van der Waals surface area contributed by atoms with E-state index >= 15 is 0 Å². The van der Waals surface area contributed by atoms with Gasteiger partial charge in [0, 0.05) is 12.2 Å². The summed E-state index contributed by atoms with van der Waals surface area (Å²) in [6.45, 7) is 3.05. The maximum atomic E-state index is 11.0. The standard InChI is InChI=1S/C12H20O3/c1-10(12(13)14-2)6-8-15-9-7-11-4-3-5-11/h6,11H,3-5,7-9H2,1-2H3. The van der Waals surface area contributed by atoms with Crippen LogP contribution in [0.25, 0.3) is 0 Å². The second-order valence-electron chi connectivity index (χ2n) is 4.04. The van der Waals surface area contributed by atoms with Crippen molar-refractivity contribution in [1.82, 2.24) is 0 Å². The Morgan fingerprint density at radius 3 is 2.73 bits per heavy atom. The van der Waals surface area contributed by atoms with Crippen LogP contribution in [0, 0.1) is 5.92 Å². The van der Waals surface area contributed by atoms with Crippen molar-refractivity contribution >= 4 is 5.97 Å². The van der Waals surface area contributed by atoms with E-state index in [9.17, 15) is 4.79 Å². The van der Waals surface area contributed by atoms with Crippen LogP contribution in [-0.4, -0.2) is 26.3 Å². The summed E-state index contributed by atoms with van der Waals surface area (Å²) in [5, 5.41) is 0. The minimum Gasteiger partial charge on any atom is -0.466 e. The number of carbonyl (C=O) groups is 1. The first-order chi connectivity index (χ1) is 7.24. The molecule has 0 aliphatic heterocycles. The fraction of sp³-hybridized carbons (Fsp3) is 0.750. The first-order valence-corrected chi connectivity index (χ1v) is 5.57. The zero-order valence-electron chi connectivity index (χ0n) is 9.62. The van der Waals surface area contributed by atoms with Crippen molar-refractivity contribution in [1.29, 1.82) is 0 Å².